The molecule has 3 heterocycles. The molecule has 0 aliphatic carbocycles. The molecule has 0 amide bonds. The van der Waals surface area contributed by atoms with Crippen molar-refractivity contribution in [3.63, 3.8) is 0 Å². The Morgan fingerprint density at radius 1 is 1.04 bits per heavy atom. The van der Waals surface area contributed by atoms with Crippen molar-refractivity contribution >= 4 is 5.78 Å². The van der Waals surface area contributed by atoms with E-state index in [1.165, 1.54) is 18.4 Å². The van der Waals surface area contributed by atoms with E-state index in [4.69, 9.17) is 0 Å². The van der Waals surface area contributed by atoms with E-state index in [9.17, 15) is 4.79 Å². The van der Waals surface area contributed by atoms with Gasteiger partial charge in [-0.1, -0.05) is 30.3 Å². The predicted molar refractivity (Wildman–Crippen MR) is 92.6 cm³/mol. The first-order chi connectivity index (χ1) is 11.7. The minimum Gasteiger partial charge on any atom is -0.293 e. The average molecular weight is 321 g/mol. The number of aryl methyl sites for hydroxylation is 1. The summed E-state index contributed by atoms with van der Waals surface area (Å²) >= 11 is 0. The summed E-state index contributed by atoms with van der Waals surface area (Å²) in [5.74, 6) is 0.283. The fourth-order valence-corrected chi connectivity index (χ4v) is 4.28. The van der Waals surface area contributed by atoms with Crippen molar-refractivity contribution in [2.75, 3.05) is 0 Å². The SMILES string of the molecule is Cc1ccc(C(=O)C2CC3CCC(C2)N3Cc2ccccc2)nn1. The van der Waals surface area contributed by atoms with Gasteiger partial charge in [0.15, 0.2) is 5.78 Å². The Kier molecular flexibility index (Phi) is 4.15. The minimum absolute atomic E-state index is 0.103. The second kappa shape index (κ2) is 6.44. The fraction of sp³-hybridized carbons (Fsp3) is 0.450. The molecule has 0 spiro atoms. The lowest BCUT2D eigenvalue weighted by Crippen LogP contribution is -2.44. The van der Waals surface area contributed by atoms with Crippen LogP contribution in [-0.4, -0.2) is 33.0 Å². The van der Waals surface area contributed by atoms with E-state index in [1.807, 2.05) is 19.1 Å². The molecule has 2 atom stereocenters. The van der Waals surface area contributed by atoms with Gasteiger partial charge in [-0.25, -0.2) is 0 Å². The lowest BCUT2D eigenvalue weighted by atomic mass is 9.86. The van der Waals surface area contributed by atoms with E-state index < -0.39 is 0 Å². The molecule has 2 aromatic rings. The highest BCUT2D eigenvalue weighted by atomic mass is 16.1. The number of carbonyl (C=O) groups is 1. The van der Waals surface area contributed by atoms with Crippen LogP contribution in [0, 0.1) is 12.8 Å². The van der Waals surface area contributed by atoms with Crippen molar-refractivity contribution in [3.8, 4) is 0 Å². The maximum Gasteiger partial charge on any atom is 0.186 e. The lowest BCUT2D eigenvalue weighted by Gasteiger charge is -2.38. The summed E-state index contributed by atoms with van der Waals surface area (Å²) in [6.45, 7) is 2.89. The summed E-state index contributed by atoms with van der Waals surface area (Å²) in [4.78, 5) is 15.4. The number of benzene rings is 1. The van der Waals surface area contributed by atoms with Gasteiger partial charge in [0.25, 0.3) is 0 Å². The molecular weight excluding hydrogens is 298 g/mol. The fourth-order valence-electron chi connectivity index (χ4n) is 4.28. The summed E-state index contributed by atoms with van der Waals surface area (Å²) in [7, 11) is 0. The third-order valence-electron chi connectivity index (χ3n) is 5.51. The van der Waals surface area contributed by atoms with Crippen LogP contribution >= 0.6 is 0 Å². The van der Waals surface area contributed by atoms with Crippen molar-refractivity contribution in [2.45, 2.75) is 51.2 Å². The van der Waals surface area contributed by atoms with Crippen molar-refractivity contribution in [1.82, 2.24) is 15.1 Å². The van der Waals surface area contributed by atoms with Gasteiger partial charge in [-0.2, -0.15) is 5.10 Å². The van der Waals surface area contributed by atoms with Gasteiger partial charge in [0.2, 0.25) is 0 Å². The number of ketones is 1. The van der Waals surface area contributed by atoms with E-state index in [-0.39, 0.29) is 11.7 Å². The molecular formula is C20H23N3O. The molecule has 2 aliphatic rings. The van der Waals surface area contributed by atoms with Crippen LogP contribution < -0.4 is 0 Å². The molecule has 2 fully saturated rings. The molecule has 0 N–H and O–H groups in total. The number of aromatic nitrogens is 2. The summed E-state index contributed by atoms with van der Waals surface area (Å²) in [5, 5.41) is 8.14. The van der Waals surface area contributed by atoms with Crippen LogP contribution in [0.5, 0.6) is 0 Å². The topological polar surface area (TPSA) is 46.1 Å². The molecule has 2 saturated heterocycles. The number of fused-ring (bicyclic) bond motifs is 2. The van der Waals surface area contributed by atoms with Gasteiger partial charge in [-0.05, 0) is 50.3 Å². The maximum atomic E-state index is 12.8. The number of carbonyl (C=O) groups excluding carboxylic acids is 1. The number of Topliss-reactive ketones (excluding diaryl/α,β-unsaturated/α-hetero) is 1. The van der Waals surface area contributed by atoms with Crippen LogP contribution in [0.15, 0.2) is 42.5 Å². The molecule has 124 valence electrons. The Hall–Kier alpha value is -2.07. The number of nitrogens with zero attached hydrogens (tertiary/aromatic N) is 3. The molecule has 4 nitrogen and oxygen atoms in total. The Bertz CT molecular complexity index is 699. The van der Waals surface area contributed by atoms with Crippen molar-refractivity contribution < 1.29 is 4.79 Å². The van der Waals surface area contributed by atoms with Gasteiger partial charge in [0.05, 0.1) is 5.69 Å². The Morgan fingerprint density at radius 2 is 1.75 bits per heavy atom. The molecule has 2 bridgehead atoms. The Morgan fingerprint density at radius 3 is 2.38 bits per heavy atom. The van der Waals surface area contributed by atoms with Gasteiger partial charge in [-0.15, -0.1) is 5.10 Å². The normalized spacial score (nSPS) is 26.5. The molecule has 1 aromatic heterocycles. The highest BCUT2D eigenvalue weighted by Gasteiger charge is 2.43. The Labute approximate surface area is 142 Å². The highest BCUT2D eigenvalue weighted by Crippen LogP contribution is 2.40. The van der Waals surface area contributed by atoms with Crippen molar-refractivity contribution in [3.05, 3.63) is 59.4 Å². The number of rotatable bonds is 4. The third kappa shape index (κ3) is 2.98. The first-order valence-corrected chi connectivity index (χ1v) is 8.85. The number of piperidine rings is 1. The first-order valence-electron chi connectivity index (χ1n) is 8.85. The molecule has 2 unspecified atom stereocenters. The average Bonchev–Trinajstić information content (AvgIpc) is 2.84. The molecule has 1 aromatic carbocycles. The Balaban J connectivity index is 1.46. The van der Waals surface area contributed by atoms with Crippen LogP contribution in [0.1, 0.15) is 47.4 Å². The van der Waals surface area contributed by atoms with Crippen LogP contribution in [0.3, 0.4) is 0 Å². The summed E-state index contributed by atoms with van der Waals surface area (Å²) in [6, 6.07) is 15.4. The number of hydrogen-bond acceptors (Lipinski definition) is 4. The van der Waals surface area contributed by atoms with Crippen LogP contribution in [0.25, 0.3) is 0 Å². The van der Waals surface area contributed by atoms with Crippen LogP contribution in [0.4, 0.5) is 0 Å². The first kappa shape index (κ1) is 15.5. The van der Waals surface area contributed by atoms with Gasteiger partial charge >= 0.3 is 0 Å². The van der Waals surface area contributed by atoms with Crippen LogP contribution in [-0.2, 0) is 6.54 Å². The van der Waals surface area contributed by atoms with E-state index >= 15 is 0 Å². The second-order valence-electron chi connectivity index (χ2n) is 7.14. The van der Waals surface area contributed by atoms with Crippen LogP contribution in [0.2, 0.25) is 0 Å². The molecule has 24 heavy (non-hydrogen) atoms. The minimum atomic E-state index is 0.103. The summed E-state index contributed by atoms with van der Waals surface area (Å²) < 4.78 is 0. The van der Waals surface area contributed by atoms with Crippen molar-refractivity contribution in [2.24, 2.45) is 5.92 Å². The van der Waals surface area contributed by atoms with Gasteiger partial charge in [-0.3, -0.25) is 9.69 Å². The standard InChI is InChI=1S/C20H23N3O/c1-14-7-10-19(22-21-14)20(24)16-11-17-8-9-18(12-16)23(17)13-15-5-3-2-4-6-15/h2-7,10,16-18H,8-9,11-13H2,1H3. The van der Waals surface area contributed by atoms with Crippen molar-refractivity contribution in [1.29, 1.82) is 0 Å². The largest absolute Gasteiger partial charge is 0.293 e. The smallest absolute Gasteiger partial charge is 0.186 e. The van der Waals surface area contributed by atoms with Gasteiger partial charge in [0.1, 0.15) is 5.69 Å². The van der Waals surface area contributed by atoms with E-state index in [2.05, 4.69) is 45.4 Å². The van der Waals surface area contributed by atoms with Gasteiger partial charge in [0, 0.05) is 24.5 Å². The lowest BCUT2D eigenvalue weighted by molar-refractivity contribution is 0.0673. The molecule has 0 saturated carbocycles. The number of hydrogen-bond donors (Lipinski definition) is 0. The maximum absolute atomic E-state index is 12.8. The molecule has 4 rings (SSSR count). The third-order valence-corrected chi connectivity index (χ3v) is 5.51. The zero-order chi connectivity index (χ0) is 16.5. The highest BCUT2D eigenvalue weighted by molar-refractivity contribution is 5.96. The zero-order valence-corrected chi connectivity index (χ0v) is 14.1. The summed E-state index contributed by atoms with van der Waals surface area (Å²) in [5.41, 5.74) is 2.74. The van der Waals surface area contributed by atoms with Gasteiger partial charge < -0.3 is 0 Å². The molecule has 0 radical (unpaired) electrons. The zero-order valence-electron chi connectivity index (χ0n) is 14.1. The monoisotopic (exact) mass is 321 g/mol. The van der Waals surface area contributed by atoms with E-state index in [1.54, 1.807) is 0 Å². The molecule has 2 aliphatic heterocycles. The van der Waals surface area contributed by atoms with E-state index in [0.717, 1.165) is 25.1 Å². The molecule has 4 heteroatoms. The quantitative estimate of drug-likeness (QED) is 0.810. The second-order valence-corrected chi connectivity index (χ2v) is 7.14. The van der Waals surface area contributed by atoms with E-state index in [0.29, 0.717) is 17.8 Å². The predicted octanol–water partition coefficient (Wildman–Crippen LogP) is 3.41. The summed E-state index contributed by atoms with van der Waals surface area (Å²) in [6.07, 6.45) is 4.33.